The van der Waals surface area contributed by atoms with Crippen molar-refractivity contribution in [2.24, 2.45) is 0 Å². The van der Waals surface area contributed by atoms with Crippen molar-refractivity contribution in [3.05, 3.63) is 0 Å². The Bertz CT molecular complexity index is 15.6. The predicted molar refractivity (Wildman–Crippen MR) is 26.3 cm³/mol. The van der Waals surface area contributed by atoms with E-state index in [-0.39, 0.29) is 20.3 Å². The third-order valence-corrected chi connectivity index (χ3v) is 0.707. The van der Waals surface area contributed by atoms with E-state index >= 15 is 0 Å². The number of hydrogen-bond acceptors (Lipinski definition) is 0. The average Bonchev–Trinajstić information content (AvgIpc) is 1.41. The van der Waals surface area contributed by atoms with Crippen LogP contribution >= 0.6 is 0 Å². The van der Waals surface area contributed by atoms with Crippen LogP contribution in [-0.2, 0) is 0 Å². The van der Waals surface area contributed by atoms with Crippen LogP contribution in [0.2, 0.25) is 0 Å². The molecule has 0 atom stereocenters. The maximum absolute atomic E-state index is 2.21. The van der Waals surface area contributed by atoms with E-state index in [4.69, 9.17) is 0 Å². The Morgan fingerprint density at radius 3 is 1.50 bits per heavy atom. The summed E-state index contributed by atoms with van der Waals surface area (Å²) in [6.45, 7) is 4.42. The Morgan fingerprint density at radius 2 is 1.50 bits per heavy atom. The van der Waals surface area contributed by atoms with Crippen LogP contribution in [0.5, 0.6) is 0 Å². The molecule has 0 aromatic carbocycles. The van der Waals surface area contributed by atoms with E-state index < -0.39 is 0 Å². The molecule has 0 radical (unpaired) electrons. The van der Waals surface area contributed by atoms with Crippen LogP contribution in [0, 0.1) is 0 Å². The molecule has 0 saturated heterocycles. The van der Waals surface area contributed by atoms with Gasteiger partial charge in [0, 0.05) is 0 Å². The van der Waals surface area contributed by atoms with Gasteiger partial charge in [0.25, 0.3) is 0 Å². The molecule has 0 unspecified atom stereocenters. The minimum absolute atomic E-state index is 0. The third kappa shape index (κ3) is 8.82. The Morgan fingerprint density at radius 1 is 1.17 bits per heavy atom. The molecule has 0 aliphatic rings. The number of hydrogen-bond donors (Lipinski definition) is 0. The van der Waals surface area contributed by atoms with Gasteiger partial charge in [-0.3, -0.25) is 0 Å². The normalized spacial score (nSPS) is 7.00. The fraction of sp³-hybridized carbons (Fsp3) is 1.00. The SMILES string of the molecule is CCCCC.[H-].[Li+]. The van der Waals surface area contributed by atoms with Crippen molar-refractivity contribution in [3.8, 4) is 0 Å². The molecule has 1 heteroatoms. The quantitative estimate of drug-likeness (QED) is 0.385. The summed E-state index contributed by atoms with van der Waals surface area (Å²) in [6, 6.07) is 0. The van der Waals surface area contributed by atoms with E-state index in [1.807, 2.05) is 0 Å². The van der Waals surface area contributed by atoms with Gasteiger partial charge in [-0.05, 0) is 0 Å². The van der Waals surface area contributed by atoms with Crippen molar-refractivity contribution in [2.45, 2.75) is 33.1 Å². The van der Waals surface area contributed by atoms with Crippen LogP contribution in [-0.4, -0.2) is 0 Å². The molecule has 0 N–H and O–H groups in total. The topological polar surface area (TPSA) is 0 Å². The molecule has 0 amide bonds. The third-order valence-electron chi connectivity index (χ3n) is 0.707. The minimum Gasteiger partial charge on any atom is -1.00 e. The van der Waals surface area contributed by atoms with E-state index in [9.17, 15) is 0 Å². The fourth-order valence-corrected chi connectivity index (χ4v) is 0.354. The molecule has 0 rings (SSSR count). The van der Waals surface area contributed by atoms with Crippen molar-refractivity contribution in [2.75, 3.05) is 0 Å². The molecule has 34 valence electrons. The first-order chi connectivity index (χ1) is 2.41. The van der Waals surface area contributed by atoms with Gasteiger partial charge in [-0.25, -0.2) is 0 Å². The molecule has 0 bridgehead atoms. The smallest absolute Gasteiger partial charge is 1.00 e. The average molecular weight is 80.1 g/mol. The Hall–Kier alpha value is 0.597. The van der Waals surface area contributed by atoms with E-state index in [1.54, 1.807) is 0 Å². The van der Waals surface area contributed by atoms with Crippen molar-refractivity contribution < 1.29 is 20.3 Å². The summed E-state index contributed by atoms with van der Waals surface area (Å²) in [5, 5.41) is 0. The Balaban J connectivity index is -0.0000000800. The van der Waals surface area contributed by atoms with Gasteiger partial charge in [-0.1, -0.05) is 33.1 Å². The van der Waals surface area contributed by atoms with Crippen molar-refractivity contribution in [3.63, 3.8) is 0 Å². The molecular formula is C5H13Li. The summed E-state index contributed by atoms with van der Waals surface area (Å²) in [6.07, 6.45) is 4.08. The number of unbranched alkanes of at least 4 members (excludes halogenated alkanes) is 2. The van der Waals surface area contributed by atoms with Crippen molar-refractivity contribution >= 4 is 0 Å². The minimum atomic E-state index is 0. The molecule has 0 saturated carbocycles. The Kier molecular flexibility index (Phi) is 14.9. The first-order valence-corrected chi connectivity index (χ1v) is 2.41. The molecule has 0 aliphatic heterocycles. The summed E-state index contributed by atoms with van der Waals surface area (Å²) in [5.74, 6) is 0. The van der Waals surface area contributed by atoms with Gasteiger partial charge in [0.05, 0.1) is 0 Å². The van der Waals surface area contributed by atoms with E-state index in [0.29, 0.717) is 0 Å². The summed E-state index contributed by atoms with van der Waals surface area (Å²) < 4.78 is 0. The first-order valence-electron chi connectivity index (χ1n) is 2.41. The second kappa shape index (κ2) is 9.14. The van der Waals surface area contributed by atoms with Crippen molar-refractivity contribution in [1.82, 2.24) is 0 Å². The largest absolute Gasteiger partial charge is 1.00 e. The van der Waals surface area contributed by atoms with Gasteiger partial charge in [0.1, 0.15) is 0 Å². The van der Waals surface area contributed by atoms with Gasteiger partial charge in [0.2, 0.25) is 0 Å². The maximum atomic E-state index is 2.21. The zero-order chi connectivity index (χ0) is 4.12. The zero-order valence-electron chi connectivity index (χ0n) is 6.12. The van der Waals surface area contributed by atoms with Gasteiger partial charge >= 0.3 is 18.9 Å². The van der Waals surface area contributed by atoms with Crippen LogP contribution in [0.1, 0.15) is 34.5 Å². The first kappa shape index (κ1) is 9.78. The second-order valence-corrected chi connectivity index (χ2v) is 1.35. The second-order valence-electron chi connectivity index (χ2n) is 1.35. The molecule has 0 aromatic rings. The zero-order valence-corrected chi connectivity index (χ0v) is 5.12. The molecule has 0 heterocycles. The summed E-state index contributed by atoms with van der Waals surface area (Å²) in [7, 11) is 0. The van der Waals surface area contributed by atoms with Gasteiger partial charge in [-0.15, -0.1) is 0 Å². The van der Waals surface area contributed by atoms with Gasteiger partial charge in [-0.2, -0.15) is 0 Å². The van der Waals surface area contributed by atoms with Gasteiger partial charge in [0.15, 0.2) is 0 Å². The Labute approximate surface area is 54.0 Å². The van der Waals surface area contributed by atoms with Crippen LogP contribution in [0.25, 0.3) is 0 Å². The summed E-state index contributed by atoms with van der Waals surface area (Å²) in [4.78, 5) is 0. The van der Waals surface area contributed by atoms with Crippen LogP contribution < -0.4 is 18.9 Å². The van der Waals surface area contributed by atoms with E-state index in [2.05, 4.69) is 13.8 Å². The van der Waals surface area contributed by atoms with Crippen LogP contribution in [0.15, 0.2) is 0 Å². The number of rotatable bonds is 2. The summed E-state index contributed by atoms with van der Waals surface area (Å²) in [5.41, 5.74) is 0. The molecule has 0 spiro atoms. The standard InChI is InChI=1S/C5H12.Li.H/c1-3-5-4-2;;/h3-5H2,1-2H3;;/q;+1;-1. The monoisotopic (exact) mass is 80.1 g/mol. The van der Waals surface area contributed by atoms with E-state index in [1.165, 1.54) is 19.3 Å². The molecular weight excluding hydrogens is 67.0 g/mol. The van der Waals surface area contributed by atoms with Crippen molar-refractivity contribution in [1.29, 1.82) is 0 Å². The van der Waals surface area contributed by atoms with E-state index in [0.717, 1.165) is 0 Å². The predicted octanol–water partition coefficient (Wildman–Crippen LogP) is -0.687. The molecule has 6 heavy (non-hydrogen) atoms. The molecule has 0 aliphatic carbocycles. The molecule has 0 nitrogen and oxygen atoms in total. The summed E-state index contributed by atoms with van der Waals surface area (Å²) >= 11 is 0. The molecule has 0 fully saturated rings. The maximum Gasteiger partial charge on any atom is 1.00 e. The molecule has 0 aromatic heterocycles. The fourth-order valence-electron chi connectivity index (χ4n) is 0.354. The van der Waals surface area contributed by atoms with Gasteiger partial charge < -0.3 is 1.43 Å². The van der Waals surface area contributed by atoms with Crippen LogP contribution in [0.4, 0.5) is 0 Å². The van der Waals surface area contributed by atoms with Crippen LogP contribution in [0.3, 0.4) is 0 Å².